The molecule has 0 N–H and O–H groups in total. The molecule has 1 aromatic carbocycles. The summed E-state index contributed by atoms with van der Waals surface area (Å²) in [7, 11) is 0. The second-order valence-electron chi connectivity index (χ2n) is 8.11. The van der Waals surface area contributed by atoms with Crippen molar-refractivity contribution in [2.75, 3.05) is 31.1 Å². The summed E-state index contributed by atoms with van der Waals surface area (Å²) in [6.07, 6.45) is 5.73. The fourth-order valence-corrected chi connectivity index (χ4v) is 4.26. The van der Waals surface area contributed by atoms with Crippen LogP contribution >= 0.6 is 11.6 Å². The van der Waals surface area contributed by atoms with Crippen LogP contribution in [-0.2, 0) is 6.61 Å². The summed E-state index contributed by atoms with van der Waals surface area (Å²) in [6, 6.07) is 15.0. The number of aryl methyl sites for hydroxylation is 1. The van der Waals surface area contributed by atoms with Gasteiger partial charge in [-0.1, -0.05) is 23.7 Å². The van der Waals surface area contributed by atoms with Crippen LogP contribution in [0.2, 0.25) is 5.02 Å². The molecule has 3 aromatic heterocycles. The van der Waals surface area contributed by atoms with Gasteiger partial charge in [0.2, 0.25) is 0 Å². The Kier molecular flexibility index (Phi) is 5.88. The Hall–Kier alpha value is -3.58. The van der Waals surface area contributed by atoms with E-state index >= 15 is 0 Å². The van der Waals surface area contributed by atoms with Crippen molar-refractivity contribution in [1.82, 2.24) is 19.3 Å². The molecular weight excluding hydrogens is 438 g/mol. The van der Waals surface area contributed by atoms with Crippen LogP contribution in [0.25, 0.3) is 5.65 Å². The number of pyridine rings is 2. The number of aromatic nitrogens is 3. The van der Waals surface area contributed by atoms with Crippen LogP contribution in [0.3, 0.4) is 0 Å². The predicted molar refractivity (Wildman–Crippen MR) is 128 cm³/mol. The fourth-order valence-electron chi connectivity index (χ4n) is 4.02. The number of hydrogen-bond acceptors (Lipinski definition) is 5. The largest absolute Gasteiger partial charge is 0.487 e. The summed E-state index contributed by atoms with van der Waals surface area (Å²) in [5.74, 6) is 1.41. The Labute approximate surface area is 197 Å². The van der Waals surface area contributed by atoms with Gasteiger partial charge in [-0.05, 0) is 48.9 Å². The lowest BCUT2D eigenvalue weighted by molar-refractivity contribution is 0.0746. The molecule has 0 radical (unpaired) electrons. The van der Waals surface area contributed by atoms with Gasteiger partial charge in [-0.25, -0.2) is 9.97 Å². The molecule has 0 atom stereocenters. The van der Waals surface area contributed by atoms with Gasteiger partial charge in [0.25, 0.3) is 5.91 Å². The molecule has 1 amide bonds. The zero-order chi connectivity index (χ0) is 22.8. The average molecular weight is 462 g/mol. The van der Waals surface area contributed by atoms with Crippen molar-refractivity contribution in [3.8, 4) is 5.75 Å². The SMILES string of the molecule is Cc1ccc2nc(COc3cccc(C(=O)N4CCN(c5ncccc5Cl)CC4)c3)cn2c1. The zero-order valence-corrected chi connectivity index (χ0v) is 19.1. The van der Waals surface area contributed by atoms with E-state index in [0.717, 1.165) is 17.2 Å². The van der Waals surface area contributed by atoms with Crippen LogP contribution in [-0.4, -0.2) is 51.4 Å². The lowest BCUT2D eigenvalue weighted by atomic mass is 10.1. The maximum Gasteiger partial charge on any atom is 0.254 e. The van der Waals surface area contributed by atoms with E-state index in [2.05, 4.69) is 14.9 Å². The number of ether oxygens (including phenoxy) is 1. The molecule has 0 saturated carbocycles. The first kappa shape index (κ1) is 21.3. The Bertz CT molecular complexity index is 1300. The number of imidazole rings is 1. The molecule has 1 aliphatic rings. The Morgan fingerprint density at radius 1 is 1.06 bits per heavy atom. The van der Waals surface area contributed by atoms with Crippen LogP contribution in [0, 0.1) is 6.92 Å². The molecule has 168 valence electrons. The number of carbonyl (C=O) groups is 1. The summed E-state index contributed by atoms with van der Waals surface area (Å²) in [4.78, 5) is 26.0. The molecule has 5 rings (SSSR count). The van der Waals surface area contributed by atoms with Crippen molar-refractivity contribution in [2.24, 2.45) is 0 Å². The minimum atomic E-state index is -0.00424. The smallest absolute Gasteiger partial charge is 0.254 e. The van der Waals surface area contributed by atoms with E-state index in [-0.39, 0.29) is 5.91 Å². The highest BCUT2D eigenvalue weighted by Crippen LogP contribution is 2.24. The number of hydrogen-bond donors (Lipinski definition) is 0. The standard InChI is InChI=1S/C25H24ClN5O2/c1-18-7-8-23-28-20(16-31(23)15-18)17-33-21-5-2-4-19(14-21)25(32)30-12-10-29(11-13-30)24-22(26)6-3-9-27-24/h2-9,14-16H,10-13,17H2,1H3. The molecule has 7 nitrogen and oxygen atoms in total. The van der Waals surface area contributed by atoms with Crippen LogP contribution in [0.15, 0.2) is 67.1 Å². The van der Waals surface area contributed by atoms with E-state index in [1.807, 2.05) is 71.1 Å². The molecule has 0 bridgehead atoms. The fraction of sp³-hybridized carbons (Fsp3) is 0.240. The number of piperazine rings is 1. The molecule has 1 saturated heterocycles. The quantitative estimate of drug-likeness (QED) is 0.445. The van der Waals surface area contributed by atoms with Crippen molar-refractivity contribution < 1.29 is 9.53 Å². The molecule has 1 fully saturated rings. The molecule has 0 spiro atoms. The topological polar surface area (TPSA) is 63.0 Å². The Morgan fingerprint density at radius 2 is 1.91 bits per heavy atom. The van der Waals surface area contributed by atoms with Gasteiger partial charge in [0, 0.05) is 50.3 Å². The summed E-state index contributed by atoms with van der Waals surface area (Å²) < 4.78 is 7.93. The van der Waals surface area contributed by atoms with Crippen molar-refractivity contribution in [3.05, 3.63) is 89.0 Å². The predicted octanol–water partition coefficient (Wildman–Crippen LogP) is 4.23. The van der Waals surface area contributed by atoms with E-state index < -0.39 is 0 Å². The van der Waals surface area contributed by atoms with Gasteiger partial charge >= 0.3 is 0 Å². The van der Waals surface area contributed by atoms with Gasteiger partial charge in [0.1, 0.15) is 23.8 Å². The number of nitrogens with zero attached hydrogens (tertiary/aromatic N) is 5. The van der Waals surface area contributed by atoms with E-state index in [4.69, 9.17) is 16.3 Å². The third kappa shape index (κ3) is 4.64. The molecule has 0 unspecified atom stereocenters. The van der Waals surface area contributed by atoms with Crippen molar-refractivity contribution >= 4 is 29.0 Å². The molecular formula is C25H24ClN5O2. The first-order valence-corrected chi connectivity index (χ1v) is 11.3. The number of anilines is 1. The van der Waals surface area contributed by atoms with E-state index in [1.165, 1.54) is 5.56 Å². The van der Waals surface area contributed by atoms with Crippen LogP contribution in [0.5, 0.6) is 5.75 Å². The highest BCUT2D eigenvalue weighted by atomic mass is 35.5. The normalized spacial score (nSPS) is 14.0. The highest BCUT2D eigenvalue weighted by Gasteiger charge is 2.24. The molecule has 4 heterocycles. The number of fused-ring (bicyclic) bond motifs is 1. The second kappa shape index (κ2) is 9.11. The van der Waals surface area contributed by atoms with E-state index in [0.29, 0.717) is 49.1 Å². The van der Waals surface area contributed by atoms with Gasteiger partial charge in [-0.15, -0.1) is 0 Å². The number of benzene rings is 1. The molecule has 0 aliphatic carbocycles. The zero-order valence-electron chi connectivity index (χ0n) is 18.3. The number of carbonyl (C=O) groups excluding carboxylic acids is 1. The van der Waals surface area contributed by atoms with Crippen LogP contribution in [0.1, 0.15) is 21.6 Å². The van der Waals surface area contributed by atoms with Crippen molar-refractivity contribution in [1.29, 1.82) is 0 Å². The second-order valence-corrected chi connectivity index (χ2v) is 8.52. The van der Waals surface area contributed by atoms with E-state index in [1.54, 1.807) is 12.3 Å². The summed E-state index contributed by atoms with van der Waals surface area (Å²) >= 11 is 6.27. The van der Waals surface area contributed by atoms with Gasteiger partial charge < -0.3 is 18.9 Å². The first-order chi connectivity index (χ1) is 16.1. The average Bonchev–Trinajstić information content (AvgIpc) is 3.25. The third-order valence-corrected chi connectivity index (χ3v) is 6.02. The summed E-state index contributed by atoms with van der Waals surface area (Å²) in [5, 5.41) is 0.628. The first-order valence-electron chi connectivity index (χ1n) is 10.9. The van der Waals surface area contributed by atoms with Crippen LogP contribution in [0.4, 0.5) is 5.82 Å². The van der Waals surface area contributed by atoms with E-state index in [9.17, 15) is 4.79 Å². The molecule has 1 aliphatic heterocycles. The maximum atomic E-state index is 13.1. The van der Waals surface area contributed by atoms with Gasteiger partial charge in [-0.3, -0.25) is 4.79 Å². The maximum absolute atomic E-state index is 13.1. The number of halogens is 1. The van der Waals surface area contributed by atoms with Crippen molar-refractivity contribution in [2.45, 2.75) is 13.5 Å². The monoisotopic (exact) mass is 461 g/mol. The third-order valence-electron chi connectivity index (χ3n) is 5.72. The molecule has 33 heavy (non-hydrogen) atoms. The van der Waals surface area contributed by atoms with Crippen LogP contribution < -0.4 is 9.64 Å². The molecule has 4 aromatic rings. The van der Waals surface area contributed by atoms with Crippen molar-refractivity contribution in [3.63, 3.8) is 0 Å². The highest BCUT2D eigenvalue weighted by molar-refractivity contribution is 6.32. The summed E-state index contributed by atoms with van der Waals surface area (Å²) in [5.41, 5.74) is 3.50. The van der Waals surface area contributed by atoms with Gasteiger partial charge in [0.05, 0.1) is 10.7 Å². The van der Waals surface area contributed by atoms with Gasteiger partial charge in [0.15, 0.2) is 0 Å². The lowest BCUT2D eigenvalue weighted by Gasteiger charge is -2.35. The molecule has 8 heteroatoms. The van der Waals surface area contributed by atoms with Gasteiger partial charge in [-0.2, -0.15) is 0 Å². The number of rotatable bonds is 5. The lowest BCUT2D eigenvalue weighted by Crippen LogP contribution is -2.49. The Morgan fingerprint density at radius 3 is 2.73 bits per heavy atom. The summed E-state index contributed by atoms with van der Waals surface area (Å²) in [6.45, 7) is 4.97. The minimum absolute atomic E-state index is 0.00424. The Balaban J connectivity index is 1.21. The minimum Gasteiger partial charge on any atom is -0.487 e. The number of amides is 1.